The van der Waals surface area contributed by atoms with Crippen molar-refractivity contribution in [2.45, 2.75) is 65.0 Å². The first-order chi connectivity index (χ1) is 8.69. The normalized spacial score (nSPS) is 25.5. The van der Waals surface area contributed by atoms with Crippen LogP contribution in [0.4, 0.5) is 4.79 Å². The topological polar surface area (TPSA) is 75.6 Å². The minimum atomic E-state index is -0.703. The smallest absolute Gasteiger partial charge is 0.407 e. The molecule has 1 fully saturated rings. The van der Waals surface area contributed by atoms with E-state index in [1.807, 2.05) is 27.7 Å². The molecule has 1 atom stereocenters. The number of aliphatic carboxylic acids is 1. The molecular formula is C14H25NO4. The van der Waals surface area contributed by atoms with Crippen LogP contribution in [0.5, 0.6) is 0 Å². The molecule has 0 aromatic heterocycles. The van der Waals surface area contributed by atoms with Crippen molar-refractivity contribution in [2.75, 3.05) is 0 Å². The Hall–Kier alpha value is -1.26. The Bertz CT molecular complexity index is 327. The molecule has 1 aliphatic rings. The molecule has 0 aromatic rings. The summed E-state index contributed by atoms with van der Waals surface area (Å²) in [5.41, 5.74) is -0.495. The zero-order valence-corrected chi connectivity index (χ0v) is 12.2. The van der Waals surface area contributed by atoms with Crippen LogP contribution in [0.15, 0.2) is 0 Å². The monoisotopic (exact) mass is 271 g/mol. The molecule has 0 unspecified atom stereocenters. The number of nitrogens with one attached hydrogen (secondary N) is 1. The van der Waals surface area contributed by atoms with E-state index in [0.717, 1.165) is 12.8 Å². The Balaban J connectivity index is 2.37. The SMILES string of the molecule is C[C@@H](NC(=O)OC(C)(C)C)C1CCC(C(=O)O)CC1. The highest BCUT2D eigenvalue weighted by molar-refractivity contribution is 5.70. The number of hydrogen-bond donors (Lipinski definition) is 2. The summed E-state index contributed by atoms with van der Waals surface area (Å²) in [6.07, 6.45) is 2.67. The number of alkyl carbamates (subject to hydrolysis) is 1. The van der Waals surface area contributed by atoms with Crippen LogP contribution in [-0.4, -0.2) is 28.8 Å². The Morgan fingerprint density at radius 3 is 2.16 bits per heavy atom. The van der Waals surface area contributed by atoms with Gasteiger partial charge in [0, 0.05) is 6.04 Å². The zero-order chi connectivity index (χ0) is 14.6. The highest BCUT2D eigenvalue weighted by Crippen LogP contribution is 2.31. The summed E-state index contributed by atoms with van der Waals surface area (Å²) in [7, 11) is 0. The summed E-state index contributed by atoms with van der Waals surface area (Å²) < 4.78 is 5.21. The van der Waals surface area contributed by atoms with Crippen LogP contribution in [0.2, 0.25) is 0 Å². The summed E-state index contributed by atoms with van der Waals surface area (Å²) >= 11 is 0. The Labute approximate surface area is 114 Å². The van der Waals surface area contributed by atoms with Crippen molar-refractivity contribution in [1.29, 1.82) is 0 Å². The maximum absolute atomic E-state index is 11.7. The minimum absolute atomic E-state index is 0.0181. The van der Waals surface area contributed by atoms with Gasteiger partial charge in [-0.15, -0.1) is 0 Å². The highest BCUT2D eigenvalue weighted by atomic mass is 16.6. The third-order valence-electron chi connectivity index (χ3n) is 3.57. The molecule has 1 amide bonds. The number of carboxylic acids is 1. The average molecular weight is 271 g/mol. The number of amides is 1. The second kappa shape index (κ2) is 6.26. The Morgan fingerprint density at radius 2 is 1.74 bits per heavy atom. The van der Waals surface area contributed by atoms with Crippen molar-refractivity contribution < 1.29 is 19.4 Å². The Morgan fingerprint density at radius 1 is 1.21 bits per heavy atom. The average Bonchev–Trinajstić information content (AvgIpc) is 2.26. The first kappa shape index (κ1) is 15.8. The van der Waals surface area contributed by atoms with E-state index in [9.17, 15) is 9.59 Å². The largest absolute Gasteiger partial charge is 0.481 e. The van der Waals surface area contributed by atoms with E-state index >= 15 is 0 Å². The quantitative estimate of drug-likeness (QED) is 0.827. The molecule has 2 N–H and O–H groups in total. The number of ether oxygens (including phenoxy) is 1. The van der Waals surface area contributed by atoms with Crippen molar-refractivity contribution in [3.8, 4) is 0 Å². The van der Waals surface area contributed by atoms with Crippen LogP contribution < -0.4 is 5.32 Å². The lowest BCUT2D eigenvalue weighted by atomic mass is 9.79. The fourth-order valence-corrected chi connectivity index (χ4v) is 2.48. The van der Waals surface area contributed by atoms with Crippen molar-refractivity contribution >= 4 is 12.1 Å². The summed E-state index contributed by atoms with van der Waals surface area (Å²) in [6, 6.07) is 0.0181. The number of hydrogen-bond acceptors (Lipinski definition) is 3. The summed E-state index contributed by atoms with van der Waals surface area (Å²) in [5, 5.41) is 11.8. The van der Waals surface area contributed by atoms with Gasteiger partial charge < -0.3 is 15.2 Å². The molecule has 19 heavy (non-hydrogen) atoms. The standard InChI is InChI=1S/C14H25NO4/c1-9(15-13(18)19-14(2,3)4)10-5-7-11(8-6-10)12(16)17/h9-11H,5-8H2,1-4H3,(H,15,18)(H,16,17)/t9-,10?,11?/m1/s1. The van der Waals surface area contributed by atoms with E-state index in [2.05, 4.69) is 5.32 Å². The summed E-state index contributed by atoms with van der Waals surface area (Å²) in [5.74, 6) is -0.584. The number of carbonyl (C=O) groups excluding carboxylic acids is 1. The van der Waals surface area contributed by atoms with E-state index in [0.29, 0.717) is 18.8 Å². The molecule has 0 saturated heterocycles. The van der Waals surface area contributed by atoms with E-state index in [4.69, 9.17) is 9.84 Å². The minimum Gasteiger partial charge on any atom is -0.481 e. The van der Waals surface area contributed by atoms with Crippen molar-refractivity contribution in [3.63, 3.8) is 0 Å². The molecule has 110 valence electrons. The lowest BCUT2D eigenvalue weighted by molar-refractivity contribution is -0.143. The number of carboxylic acid groups (broad SMARTS) is 1. The third kappa shape index (κ3) is 5.49. The van der Waals surface area contributed by atoms with Crippen LogP contribution >= 0.6 is 0 Å². The van der Waals surface area contributed by atoms with Crippen molar-refractivity contribution in [2.24, 2.45) is 11.8 Å². The first-order valence-corrected chi connectivity index (χ1v) is 6.91. The third-order valence-corrected chi connectivity index (χ3v) is 3.57. The molecule has 0 heterocycles. The lowest BCUT2D eigenvalue weighted by Gasteiger charge is -2.31. The molecule has 5 nitrogen and oxygen atoms in total. The van der Waals surface area contributed by atoms with Crippen LogP contribution in [0, 0.1) is 11.8 Å². The van der Waals surface area contributed by atoms with Gasteiger partial charge in [-0.2, -0.15) is 0 Å². The van der Waals surface area contributed by atoms with Gasteiger partial charge in [0.05, 0.1) is 5.92 Å². The molecule has 1 saturated carbocycles. The van der Waals surface area contributed by atoms with E-state index in [1.54, 1.807) is 0 Å². The van der Waals surface area contributed by atoms with Gasteiger partial charge in [-0.05, 0) is 59.3 Å². The van der Waals surface area contributed by atoms with Crippen molar-refractivity contribution in [3.05, 3.63) is 0 Å². The number of carbonyl (C=O) groups is 2. The zero-order valence-electron chi connectivity index (χ0n) is 12.2. The number of rotatable bonds is 3. The van der Waals surface area contributed by atoms with Crippen LogP contribution in [-0.2, 0) is 9.53 Å². The van der Waals surface area contributed by atoms with Gasteiger partial charge in [0.25, 0.3) is 0 Å². The predicted octanol–water partition coefficient (Wildman–Crippen LogP) is 2.79. The van der Waals surface area contributed by atoms with Gasteiger partial charge in [-0.1, -0.05) is 0 Å². The van der Waals surface area contributed by atoms with Gasteiger partial charge >= 0.3 is 12.1 Å². The van der Waals surface area contributed by atoms with Crippen LogP contribution in [0.1, 0.15) is 53.4 Å². The van der Waals surface area contributed by atoms with Gasteiger partial charge in [0.15, 0.2) is 0 Å². The highest BCUT2D eigenvalue weighted by Gasteiger charge is 2.30. The molecule has 1 aliphatic carbocycles. The van der Waals surface area contributed by atoms with E-state index < -0.39 is 17.7 Å². The van der Waals surface area contributed by atoms with Gasteiger partial charge in [-0.3, -0.25) is 4.79 Å². The summed E-state index contributed by atoms with van der Waals surface area (Å²) in [4.78, 5) is 22.5. The predicted molar refractivity (Wildman–Crippen MR) is 71.9 cm³/mol. The van der Waals surface area contributed by atoms with E-state index in [1.165, 1.54) is 0 Å². The van der Waals surface area contributed by atoms with Gasteiger partial charge in [0.1, 0.15) is 5.60 Å². The molecular weight excluding hydrogens is 246 g/mol. The fraction of sp³-hybridized carbons (Fsp3) is 0.857. The van der Waals surface area contributed by atoms with E-state index in [-0.39, 0.29) is 12.0 Å². The van der Waals surface area contributed by atoms with Crippen molar-refractivity contribution in [1.82, 2.24) is 5.32 Å². The molecule has 1 rings (SSSR count). The molecule has 0 radical (unpaired) electrons. The molecule has 0 spiro atoms. The lowest BCUT2D eigenvalue weighted by Crippen LogP contribution is -2.42. The van der Waals surface area contributed by atoms with Crippen LogP contribution in [0.25, 0.3) is 0 Å². The Kier molecular flexibility index (Phi) is 5.20. The molecule has 0 aromatic carbocycles. The second-order valence-electron chi connectivity index (χ2n) is 6.38. The first-order valence-electron chi connectivity index (χ1n) is 6.91. The fourth-order valence-electron chi connectivity index (χ4n) is 2.48. The van der Waals surface area contributed by atoms with Crippen LogP contribution in [0.3, 0.4) is 0 Å². The summed E-state index contributed by atoms with van der Waals surface area (Å²) in [6.45, 7) is 7.44. The second-order valence-corrected chi connectivity index (χ2v) is 6.38. The maximum Gasteiger partial charge on any atom is 0.407 e. The maximum atomic E-state index is 11.7. The molecule has 0 aliphatic heterocycles. The van der Waals surface area contributed by atoms with Gasteiger partial charge in [-0.25, -0.2) is 4.79 Å². The molecule has 5 heteroatoms. The van der Waals surface area contributed by atoms with Gasteiger partial charge in [0.2, 0.25) is 0 Å². The molecule has 0 bridgehead atoms.